The minimum absolute atomic E-state index is 0.210. The van der Waals surface area contributed by atoms with Crippen molar-refractivity contribution in [3.05, 3.63) is 59.7 Å². The molecule has 0 N–H and O–H groups in total. The van der Waals surface area contributed by atoms with E-state index in [1.54, 1.807) is 12.1 Å². The minimum atomic E-state index is -0.210. The van der Waals surface area contributed by atoms with Crippen LogP contribution in [0.15, 0.2) is 42.6 Å². The van der Waals surface area contributed by atoms with Crippen molar-refractivity contribution in [2.45, 2.75) is 91.8 Å². The monoisotopic (exact) mass is 426 g/mol. The third-order valence-electron chi connectivity index (χ3n) is 6.32. The van der Waals surface area contributed by atoms with Gasteiger partial charge in [-0.15, -0.1) is 0 Å². The summed E-state index contributed by atoms with van der Waals surface area (Å²) in [7, 11) is 0. The lowest BCUT2D eigenvalue weighted by molar-refractivity contribution is -0.136. The molecular weight excluding hydrogens is 387 g/mol. The molecule has 0 bridgehead atoms. The van der Waals surface area contributed by atoms with Crippen LogP contribution in [0.4, 0.5) is 4.39 Å². The summed E-state index contributed by atoms with van der Waals surface area (Å²) in [4.78, 5) is 15.6. The van der Waals surface area contributed by atoms with Crippen LogP contribution in [0.1, 0.15) is 83.9 Å². The standard InChI is InChI=1S/C27H39FN2O/c1-21(18-27(2,3)4)16-26(31)30(24-12-6-5-7-13-24)20-25-14-9-15-29(25)19-22-10-8-11-23(28)17-22/h8-11,14-15,17,21,24H,5-7,12-13,16,18-20H2,1-4H3/t21-/m1/s1. The van der Waals surface area contributed by atoms with Crippen LogP contribution in [-0.4, -0.2) is 21.4 Å². The van der Waals surface area contributed by atoms with Gasteiger partial charge in [0.25, 0.3) is 0 Å². The van der Waals surface area contributed by atoms with Crippen LogP contribution in [-0.2, 0) is 17.9 Å². The minimum Gasteiger partial charge on any atom is -0.345 e. The maximum Gasteiger partial charge on any atom is 0.223 e. The van der Waals surface area contributed by atoms with E-state index in [0.29, 0.717) is 31.5 Å². The Morgan fingerprint density at radius 3 is 2.58 bits per heavy atom. The van der Waals surface area contributed by atoms with Gasteiger partial charge >= 0.3 is 0 Å². The molecule has 0 saturated heterocycles. The number of aromatic nitrogens is 1. The molecule has 0 spiro atoms. The first-order chi connectivity index (χ1) is 14.7. The summed E-state index contributed by atoms with van der Waals surface area (Å²) < 4.78 is 15.8. The molecule has 1 saturated carbocycles. The van der Waals surface area contributed by atoms with Crippen LogP contribution in [0, 0.1) is 17.2 Å². The fourth-order valence-electron chi connectivity index (χ4n) is 5.10. The first-order valence-corrected chi connectivity index (χ1v) is 11.9. The molecule has 0 aliphatic heterocycles. The first kappa shape index (κ1) is 23.6. The van der Waals surface area contributed by atoms with E-state index < -0.39 is 0 Å². The molecule has 170 valence electrons. The van der Waals surface area contributed by atoms with Crippen molar-refractivity contribution >= 4 is 5.91 Å². The molecule has 1 amide bonds. The molecule has 0 radical (unpaired) electrons. The Balaban J connectivity index is 1.75. The van der Waals surface area contributed by atoms with E-state index in [9.17, 15) is 9.18 Å². The third-order valence-corrected chi connectivity index (χ3v) is 6.32. The Bertz CT molecular complexity index is 845. The van der Waals surface area contributed by atoms with E-state index in [-0.39, 0.29) is 17.1 Å². The van der Waals surface area contributed by atoms with Crippen molar-refractivity contribution in [3.63, 3.8) is 0 Å². The summed E-state index contributed by atoms with van der Waals surface area (Å²) in [5.74, 6) is 0.442. The Labute approximate surface area is 187 Å². The molecule has 31 heavy (non-hydrogen) atoms. The Kier molecular flexibility index (Phi) is 7.96. The fourth-order valence-corrected chi connectivity index (χ4v) is 5.10. The Morgan fingerprint density at radius 1 is 1.16 bits per heavy atom. The number of halogens is 1. The highest BCUT2D eigenvalue weighted by molar-refractivity contribution is 5.76. The molecule has 1 fully saturated rings. The van der Waals surface area contributed by atoms with Gasteiger partial charge in [0.1, 0.15) is 5.82 Å². The summed E-state index contributed by atoms with van der Waals surface area (Å²) in [5, 5.41) is 0. The van der Waals surface area contributed by atoms with Crippen molar-refractivity contribution in [3.8, 4) is 0 Å². The second kappa shape index (κ2) is 10.5. The maximum absolute atomic E-state index is 13.6. The maximum atomic E-state index is 13.6. The van der Waals surface area contributed by atoms with Gasteiger partial charge in [0.05, 0.1) is 6.54 Å². The van der Waals surface area contributed by atoms with Crippen molar-refractivity contribution in [2.24, 2.45) is 11.3 Å². The second-order valence-corrected chi connectivity index (χ2v) is 10.6. The highest BCUT2D eigenvalue weighted by Gasteiger charge is 2.28. The fraction of sp³-hybridized carbons (Fsp3) is 0.593. The van der Waals surface area contributed by atoms with Gasteiger partial charge in [-0.3, -0.25) is 4.79 Å². The van der Waals surface area contributed by atoms with Gasteiger partial charge in [-0.2, -0.15) is 0 Å². The average Bonchev–Trinajstić information content (AvgIpc) is 3.11. The topological polar surface area (TPSA) is 25.2 Å². The summed E-state index contributed by atoms with van der Waals surface area (Å²) in [5.41, 5.74) is 2.29. The molecule has 4 heteroatoms. The smallest absolute Gasteiger partial charge is 0.223 e. The molecule has 2 aromatic rings. The molecule has 0 unspecified atom stereocenters. The summed E-state index contributed by atoms with van der Waals surface area (Å²) >= 11 is 0. The third kappa shape index (κ3) is 7.22. The number of carbonyl (C=O) groups excluding carboxylic acids is 1. The summed E-state index contributed by atoms with van der Waals surface area (Å²) in [6.07, 6.45) is 9.58. The zero-order valence-corrected chi connectivity index (χ0v) is 19.7. The number of nitrogens with zero attached hydrogens (tertiary/aromatic N) is 2. The largest absolute Gasteiger partial charge is 0.345 e. The van der Waals surface area contributed by atoms with Gasteiger partial charge in [0, 0.05) is 30.9 Å². The van der Waals surface area contributed by atoms with Crippen LogP contribution in [0.25, 0.3) is 0 Å². The van der Waals surface area contributed by atoms with Crippen LogP contribution in [0.5, 0.6) is 0 Å². The van der Waals surface area contributed by atoms with Gasteiger partial charge in [-0.1, -0.05) is 59.1 Å². The van der Waals surface area contributed by atoms with Gasteiger partial charge in [-0.25, -0.2) is 4.39 Å². The predicted octanol–water partition coefficient (Wildman–Crippen LogP) is 6.80. The lowest BCUT2D eigenvalue weighted by Gasteiger charge is -2.36. The van der Waals surface area contributed by atoms with Crippen molar-refractivity contribution in [1.82, 2.24) is 9.47 Å². The molecule has 1 aliphatic rings. The predicted molar refractivity (Wildman–Crippen MR) is 125 cm³/mol. The lowest BCUT2D eigenvalue weighted by Crippen LogP contribution is -2.42. The number of carbonyl (C=O) groups is 1. The van der Waals surface area contributed by atoms with E-state index in [0.717, 1.165) is 30.5 Å². The van der Waals surface area contributed by atoms with E-state index in [1.165, 1.54) is 25.3 Å². The van der Waals surface area contributed by atoms with Crippen molar-refractivity contribution in [2.75, 3.05) is 0 Å². The molecule has 1 aromatic carbocycles. The number of amides is 1. The lowest BCUT2D eigenvalue weighted by atomic mass is 9.84. The number of benzene rings is 1. The molecular formula is C27H39FN2O. The Morgan fingerprint density at radius 2 is 1.90 bits per heavy atom. The average molecular weight is 427 g/mol. The van der Waals surface area contributed by atoms with Crippen LogP contribution >= 0.6 is 0 Å². The van der Waals surface area contributed by atoms with Crippen LogP contribution in [0.2, 0.25) is 0 Å². The quantitative estimate of drug-likeness (QED) is 0.456. The number of rotatable bonds is 8. The van der Waals surface area contributed by atoms with E-state index in [2.05, 4.69) is 43.2 Å². The van der Waals surface area contributed by atoms with E-state index in [4.69, 9.17) is 0 Å². The number of hydrogen-bond donors (Lipinski definition) is 0. The molecule has 1 aliphatic carbocycles. The second-order valence-electron chi connectivity index (χ2n) is 10.6. The van der Waals surface area contributed by atoms with Crippen LogP contribution in [0.3, 0.4) is 0 Å². The molecule has 3 nitrogen and oxygen atoms in total. The number of hydrogen-bond acceptors (Lipinski definition) is 1. The van der Waals surface area contributed by atoms with Gasteiger partial charge in [0.15, 0.2) is 0 Å². The molecule has 1 heterocycles. The highest BCUT2D eigenvalue weighted by Crippen LogP contribution is 2.29. The van der Waals surface area contributed by atoms with E-state index in [1.807, 2.05) is 18.3 Å². The van der Waals surface area contributed by atoms with Gasteiger partial charge < -0.3 is 9.47 Å². The van der Waals surface area contributed by atoms with Crippen LogP contribution < -0.4 is 0 Å². The van der Waals surface area contributed by atoms with Crippen molar-refractivity contribution in [1.29, 1.82) is 0 Å². The molecule has 3 rings (SSSR count). The van der Waals surface area contributed by atoms with Gasteiger partial charge in [0.2, 0.25) is 5.91 Å². The highest BCUT2D eigenvalue weighted by atomic mass is 19.1. The van der Waals surface area contributed by atoms with E-state index >= 15 is 0 Å². The zero-order chi connectivity index (χ0) is 22.4. The molecule has 1 atom stereocenters. The Hall–Kier alpha value is -2.10. The zero-order valence-electron chi connectivity index (χ0n) is 19.7. The molecule has 1 aromatic heterocycles. The summed E-state index contributed by atoms with van der Waals surface area (Å²) in [6.45, 7) is 10.2. The van der Waals surface area contributed by atoms with Gasteiger partial charge in [-0.05, 0) is 60.4 Å². The van der Waals surface area contributed by atoms with Crippen molar-refractivity contribution < 1.29 is 9.18 Å². The SMILES string of the molecule is C[C@H](CC(=O)N(Cc1cccn1Cc1cccc(F)c1)C1CCCCC1)CC(C)(C)C. The normalized spacial score (nSPS) is 16.3. The summed E-state index contributed by atoms with van der Waals surface area (Å²) in [6, 6.07) is 11.2. The first-order valence-electron chi connectivity index (χ1n) is 11.9.